The van der Waals surface area contributed by atoms with E-state index in [-0.39, 0.29) is 73.8 Å². The van der Waals surface area contributed by atoms with Crippen LogP contribution in [0.2, 0.25) is 0 Å². The van der Waals surface area contributed by atoms with Gasteiger partial charge in [-0.25, -0.2) is 0 Å². The molecule has 156 valence electrons. The average Bonchev–Trinajstić information content (AvgIpc) is 2.60. The van der Waals surface area contributed by atoms with Crippen LogP contribution in [0.15, 0.2) is 23.3 Å². The Balaban J connectivity index is -0.0000000283. The summed E-state index contributed by atoms with van der Waals surface area (Å²) in [5.74, 6) is 0. The van der Waals surface area contributed by atoms with Gasteiger partial charge in [-0.05, 0) is 13.2 Å². The maximum Gasteiger partial charge on any atom is 0.189 e. The first-order chi connectivity index (χ1) is 11.1. The molecule has 0 unspecified atom stereocenters. The molecular formula is C16H32N4P4Pt2. The SMILES string of the molecule is C=C([PH+](C)C)[PH+](C)C.C=C([PH+](C)C)[PH+](C)C.[C-]#N.[C-]#N.[C-]#N.[C-]#N.[Pt].[Pt]. The van der Waals surface area contributed by atoms with E-state index in [0.29, 0.717) is 0 Å². The third-order valence-corrected chi connectivity index (χ3v) is 13.2. The second kappa shape index (κ2) is 44.7. The van der Waals surface area contributed by atoms with E-state index in [2.05, 4.69) is 66.5 Å². The van der Waals surface area contributed by atoms with Crippen LogP contribution >= 0.6 is 31.7 Å². The fraction of sp³-hybridized carbons (Fsp3) is 0.500. The molecule has 0 bridgehead atoms. The van der Waals surface area contributed by atoms with Crippen molar-refractivity contribution in [2.24, 2.45) is 0 Å². The minimum absolute atomic E-state index is 0. The Labute approximate surface area is 196 Å². The van der Waals surface area contributed by atoms with Crippen LogP contribution in [0.1, 0.15) is 0 Å². The van der Waals surface area contributed by atoms with Gasteiger partial charge in [-0.15, -0.1) is 0 Å². The van der Waals surface area contributed by atoms with Gasteiger partial charge in [0.2, 0.25) is 0 Å². The maximum atomic E-state index is 6.25. The first-order valence-electron chi connectivity index (χ1n) is 6.60. The van der Waals surface area contributed by atoms with Crippen LogP contribution in [-0.2, 0) is 42.1 Å². The predicted molar refractivity (Wildman–Crippen MR) is 119 cm³/mol. The summed E-state index contributed by atoms with van der Waals surface area (Å²) in [6, 6.07) is 0. The van der Waals surface area contributed by atoms with E-state index >= 15 is 0 Å². The number of nitrogens with zero attached hydrogens (tertiary/aromatic N) is 4. The van der Waals surface area contributed by atoms with Crippen molar-refractivity contribution in [3.8, 4) is 0 Å². The molecule has 0 aliphatic rings. The third-order valence-electron chi connectivity index (χ3n) is 2.41. The minimum Gasteiger partial charge on any atom is -0.512 e. The summed E-state index contributed by atoms with van der Waals surface area (Å²) in [5.41, 5.74) is 0. The van der Waals surface area contributed by atoms with E-state index in [1.807, 2.05) is 0 Å². The first-order valence-corrected chi connectivity index (χ1v) is 16.6. The summed E-state index contributed by atoms with van der Waals surface area (Å²) >= 11 is 0. The van der Waals surface area contributed by atoms with E-state index in [1.165, 1.54) is 0 Å². The van der Waals surface area contributed by atoms with Crippen molar-refractivity contribution >= 4 is 31.7 Å². The normalized spacial score (nSPS) is 6.92. The van der Waals surface area contributed by atoms with Crippen molar-refractivity contribution in [3.05, 3.63) is 49.6 Å². The van der Waals surface area contributed by atoms with Crippen LogP contribution in [0.5, 0.6) is 0 Å². The summed E-state index contributed by atoms with van der Waals surface area (Å²) in [4.78, 5) is 0. The fourth-order valence-corrected chi connectivity index (χ4v) is 9.00. The molecule has 0 N–H and O–H groups in total. The number of hydrogen-bond donors (Lipinski definition) is 0. The molecule has 0 aromatic carbocycles. The summed E-state index contributed by atoms with van der Waals surface area (Å²) < 4.78 is 0. The van der Waals surface area contributed by atoms with Crippen molar-refractivity contribution in [3.63, 3.8) is 0 Å². The molecule has 0 aromatic heterocycles. The first kappa shape index (κ1) is 50.4. The largest absolute Gasteiger partial charge is 0.512 e. The molecule has 0 aliphatic heterocycles. The molecule has 0 heterocycles. The van der Waals surface area contributed by atoms with Gasteiger partial charge in [-0.2, -0.15) is 0 Å². The molecule has 4 nitrogen and oxygen atoms in total. The number of rotatable bonds is 4. The van der Waals surface area contributed by atoms with Crippen LogP contribution < -0.4 is 0 Å². The Bertz CT molecular complexity index is 309. The predicted octanol–water partition coefficient (Wildman–Crippen LogP) is 5.19. The fourth-order valence-electron chi connectivity index (χ4n) is 1.00. The van der Waals surface area contributed by atoms with Crippen molar-refractivity contribution < 1.29 is 42.1 Å². The monoisotopic (exact) mass is 794 g/mol. The molecule has 0 atom stereocenters. The molecule has 0 aliphatic carbocycles. The Morgan fingerprint density at radius 3 is 0.538 bits per heavy atom. The van der Waals surface area contributed by atoms with Gasteiger partial charge in [-0.3, -0.25) is 0 Å². The molecule has 0 spiro atoms. The second-order valence-electron chi connectivity index (χ2n) is 4.96. The molecule has 0 saturated heterocycles. The second-order valence-corrected chi connectivity index (χ2v) is 16.4. The zero-order chi connectivity index (χ0) is 21.5. The van der Waals surface area contributed by atoms with E-state index in [0.717, 1.165) is 0 Å². The smallest absolute Gasteiger partial charge is 0.189 e. The topological polar surface area (TPSA) is 95.2 Å². The number of hydrogen-bond acceptors (Lipinski definition) is 4. The molecule has 0 aromatic rings. The quantitative estimate of drug-likeness (QED) is 0.290. The molecule has 10 heteroatoms. The van der Waals surface area contributed by atoms with Gasteiger partial charge < -0.3 is 47.3 Å². The molecule has 0 amide bonds. The van der Waals surface area contributed by atoms with Gasteiger partial charge in [0.1, 0.15) is 0 Å². The Morgan fingerprint density at radius 1 is 0.462 bits per heavy atom. The van der Waals surface area contributed by atoms with Crippen LogP contribution in [0.25, 0.3) is 0 Å². The van der Waals surface area contributed by atoms with Gasteiger partial charge >= 0.3 is 0 Å². The van der Waals surface area contributed by atoms with Crippen LogP contribution in [0.4, 0.5) is 0 Å². The summed E-state index contributed by atoms with van der Waals surface area (Å²) in [5, 5.41) is 28.1. The molecule has 0 radical (unpaired) electrons. The van der Waals surface area contributed by atoms with E-state index < -0.39 is 0 Å². The van der Waals surface area contributed by atoms with Gasteiger partial charge in [0.15, 0.2) is 10.1 Å². The van der Waals surface area contributed by atoms with Gasteiger partial charge in [0, 0.05) is 42.1 Å². The Kier molecular flexibility index (Phi) is 86.7. The Hall–Kier alpha value is 0.537. The van der Waals surface area contributed by atoms with Crippen LogP contribution in [0, 0.1) is 47.3 Å². The molecule has 0 rings (SSSR count). The maximum absolute atomic E-state index is 6.25. The summed E-state index contributed by atoms with van der Waals surface area (Å²) in [7, 11) is -0.644. The Morgan fingerprint density at radius 2 is 0.538 bits per heavy atom. The zero-order valence-corrected chi connectivity index (χ0v) is 25.4. The van der Waals surface area contributed by atoms with Crippen molar-refractivity contribution in [2.75, 3.05) is 53.3 Å². The summed E-state index contributed by atoms with van der Waals surface area (Å²) in [6.45, 7) is 45.6. The van der Waals surface area contributed by atoms with Crippen LogP contribution in [0.3, 0.4) is 0 Å². The van der Waals surface area contributed by atoms with Crippen molar-refractivity contribution in [2.45, 2.75) is 0 Å². The standard InChI is InChI=1S/2C6H14P2.4CN.2Pt/c2*1-6(7(2)3)8(4)5;4*1-2;;/h2*1H2,2-5H3;;;;;;/q;;4*-1;;/p+4. The van der Waals surface area contributed by atoms with Gasteiger partial charge in [0.05, 0.1) is 85.0 Å². The molecule has 26 heavy (non-hydrogen) atoms. The minimum atomic E-state index is -0.161. The molecule has 0 saturated carbocycles. The van der Waals surface area contributed by atoms with Crippen molar-refractivity contribution in [1.82, 2.24) is 0 Å². The van der Waals surface area contributed by atoms with E-state index in [1.54, 1.807) is 10.1 Å². The van der Waals surface area contributed by atoms with E-state index in [9.17, 15) is 0 Å². The summed E-state index contributed by atoms with van der Waals surface area (Å²) in [6.07, 6.45) is 0. The van der Waals surface area contributed by atoms with Gasteiger partial charge in [0.25, 0.3) is 0 Å². The molecule has 0 fully saturated rings. The third kappa shape index (κ3) is 49.7. The zero-order valence-electron chi connectivity index (χ0n) is 16.8. The average molecular weight is 795 g/mol. The molecular weight excluding hydrogens is 762 g/mol. The van der Waals surface area contributed by atoms with Crippen molar-refractivity contribution in [1.29, 1.82) is 21.0 Å². The van der Waals surface area contributed by atoms with Crippen LogP contribution in [-0.4, -0.2) is 53.3 Å². The van der Waals surface area contributed by atoms with E-state index in [4.69, 9.17) is 47.3 Å². The van der Waals surface area contributed by atoms with Gasteiger partial charge in [-0.1, -0.05) is 0 Å².